The van der Waals surface area contributed by atoms with Crippen molar-refractivity contribution in [3.63, 3.8) is 0 Å². The van der Waals surface area contributed by atoms with Gasteiger partial charge in [-0.25, -0.2) is 26.0 Å². The first-order valence-corrected chi connectivity index (χ1v) is 11.5. The Morgan fingerprint density at radius 1 is 0.909 bits per heavy atom. The number of hydrogen-bond acceptors (Lipinski definition) is 4. The van der Waals surface area contributed by atoms with Crippen LogP contribution in [0.2, 0.25) is 0 Å². The van der Waals surface area contributed by atoms with Crippen LogP contribution in [0, 0.1) is 29.2 Å². The van der Waals surface area contributed by atoms with Crippen LogP contribution in [0.5, 0.6) is 0 Å². The molecule has 176 valence electrons. The van der Waals surface area contributed by atoms with Gasteiger partial charge < -0.3 is 9.80 Å². The van der Waals surface area contributed by atoms with E-state index in [2.05, 4.69) is 0 Å². The molecule has 2 aromatic carbocycles. The van der Waals surface area contributed by atoms with Crippen molar-refractivity contribution in [2.75, 3.05) is 37.6 Å². The zero-order valence-corrected chi connectivity index (χ0v) is 18.0. The van der Waals surface area contributed by atoms with Gasteiger partial charge in [0.1, 0.15) is 23.3 Å². The molecule has 2 aliphatic rings. The SMILES string of the molecule is O=C(C1CC(=O)N(c2ccc(F)cc2F)C1)N1CCN(S(=O)(=O)c2c(F)cccc2F)CC1. The van der Waals surface area contributed by atoms with Crippen LogP contribution in [0.15, 0.2) is 41.3 Å². The number of sulfonamides is 1. The Morgan fingerprint density at radius 2 is 1.55 bits per heavy atom. The number of nitrogens with zero attached hydrogens (tertiary/aromatic N) is 3. The summed E-state index contributed by atoms with van der Waals surface area (Å²) < 4.78 is 81.5. The first-order chi connectivity index (χ1) is 15.6. The van der Waals surface area contributed by atoms with Crippen LogP contribution in [0.4, 0.5) is 23.2 Å². The highest BCUT2D eigenvalue weighted by molar-refractivity contribution is 7.89. The molecule has 2 aromatic rings. The second-order valence-corrected chi connectivity index (χ2v) is 9.66. The molecular weight excluding hydrogens is 466 g/mol. The van der Waals surface area contributed by atoms with Crippen LogP contribution in [0.1, 0.15) is 6.42 Å². The van der Waals surface area contributed by atoms with Gasteiger partial charge in [-0.1, -0.05) is 6.07 Å². The Hall–Kier alpha value is -2.99. The maximum Gasteiger partial charge on any atom is 0.249 e. The lowest BCUT2D eigenvalue weighted by Crippen LogP contribution is -2.52. The minimum absolute atomic E-state index is 0.0380. The Bertz CT molecular complexity index is 1200. The molecule has 0 aliphatic carbocycles. The van der Waals surface area contributed by atoms with Crippen LogP contribution in [-0.2, 0) is 19.6 Å². The standard InChI is InChI=1S/C21H19F4N3O4S/c22-14-4-5-18(17(25)11-14)28-12-13(10-19(28)29)21(30)26-6-8-27(9-7-26)33(31,32)20-15(23)2-1-3-16(20)24/h1-5,11,13H,6-10,12H2. The lowest BCUT2D eigenvalue weighted by molar-refractivity contribution is -0.136. The Balaban J connectivity index is 1.42. The molecule has 1 unspecified atom stereocenters. The molecule has 7 nitrogen and oxygen atoms in total. The average Bonchev–Trinajstić information content (AvgIpc) is 3.14. The van der Waals surface area contributed by atoms with E-state index in [0.717, 1.165) is 39.5 Å². The monoisotopic (exact) mass is 485 g/mol. The van der Waals surface area contributed by atoms with Gasteiger partial charge in [0.15, 0.2) is 4.90 Å². The topological polar surface area (TPSA) is 78.0 Å². The fourth-order valence-corrected chi connectivity index (χ4v) is 5.60. The van der Waals surface area contributed by atoms with Gasteiger partial charge in [0.05, 0.1) is 11.6 Å². The zero-order valence-electron chi connectivity index (χ0n) is 17.2. The molecule has 2 saturated heterocycles. The Morgan fingerprint density at radius 3 is 2.15 bits per heavy atom. The van der Waals surface area contributed by atoms with Crippen LogP contribution < -0.4 is 4.90 Å². The number of piperazine rings is 1. The smallest absolute Gasteiger partial charge is 0.249 e. The quantitative estimate of drug-likeness (QED) is 0.622. The van der Waals surface area contributed by atoms with Crippen molar-refractivity contribution in [3.8, 4) is 0 Å². The third-order valence-electron chi connectivity index (χ3n) is 5.74. The molecule has 33 heavy (non-hydrogen) atoms. The van der Waals surface area contributed by atoms with E-state index in [1.165, 1.54) is 4.90 Å². The van der Waals surface area contributed by atoms with Crippen LogP contribution in [0.25, 0.3) is 0 Å². The van der Waals surface area contributed by atoms with E-state index in [-0.39, 0.29) is 44.8 Å². The molecule has 0 bridgehead atoms. The maximum atomic E-state index is 14.1. The molecule has 2 heterocycles. The molecule has 2 aliphatic heterocycles. The van der Waals surface area contributed by atoms with Gasteiger partial charge in [-0.2, -0.15) is 4.31 Å². The molecule has 2 amide bonds. The summed E-state index contributed by atoms with van der Waals surface area (Å²) in [5.74, 6) is -5.81. The number of amides is 2. The third-order valence-corrected chi connectivity index (χ3v) is 7.69. The average molecular weight is 485 g/mol. The van der Waals surface area contributed by atoms with Crippen LogP contribution in [0.3, 0.4) is 0 Å². The van der Waals surface area contributed by atoms with E-state index in [0.29, 0.717) is 6.07 Å². The van der Waals surface area contributed by atoms with Gasteiger partial charge in [0, 0.05) is 45.2 Å². The van der Waals surface area contributed by atoms with Crippen molar-refractivity contribution >= 4 is 27.5 Å². The Labute approximate surface area is 187 Å². The van der Waals surface area contributed by atoms with Crippen molar-refractivity contribution in [2.45, 2.75) is 11.3 Å². The van der Waals surface area contributed by atoms with Gasteiger partial charge in [0.25, 0.3) is 0 Å². The van der Waals surface area contributed by atoms with Crippen molar-refractivity contribution in [1.82, 2.24) is 9.21 Å². The molecule has 0 aromatic heterocycles. The molecule has 1 atom stereocenters. The predicted octanol–water partition coefficient (Wildman–Crippen LogP) is 2.13. The molecule has 2 fully saturated rings. The molecule has 4 rings (SSSR count). The van der Waals surface area contributed by atoms with E-state index < -0.39 is 55.9 Å². The van der Waals surface area contributed by atoms with Gasteiger partial charge in [-0.3, -0.25) is 9.59 Å². The van der Waals surface area contributed by atoms with Crippen molar-refractivity contribution in [2.24, 2.45) is 5.92 Å². The molecule has 0 radical (unpaired) electrons. The third kappa shape index (κ3) is 4.32. The number of halogens is 4. The highest BCUT2D eigenvalue weighted by Gasteiger charge is 2.40. The number of rotatable bonds is 4. The summed E-state index contributed by atoms with van der Waals surface area (Å²) in [6.45, 7) is -0.537. The van der Waals surface area contributed by atoms with Gasteiger partial charge in [0.2, 0.25) is 21.8 Å². The minimum atomic E-state index is -4.44. The van der Waals surface area contributed by atoms with E-state index >= 15 is 0 Å². The van der Waals surface area contributed by atoms with Crippen molar-refractivity contribution in [1.29, 1.82) is 0 Å². The van der Waals surface area contributed by atoms with E-state index in [9.17, 15) is 35.6 Å². The summed E-state index contributed by atoms with van der Waals surface area (Å²) in [7, 11) is -4.44. The molecule has 0 spiro atoms. The summed E-state index contributed by atoms with van der Waals surface area (Å²) in [4.78, 5) is 26.7. The van der Waals surface area contributed by atoms with Crippen molar-refractivity contribution in [3.05, 3.63) is 59.7 Å². The lowest BCUT2D eigenvalue weighted by atomic mass is 10.1. The number of carbonyl (C=O) groups is 2. The second kappa shape index (κ2) is 8.75. The summed E-state index contributed by atoms with van der Waals surface area (Å²) in [5, 5.41) is 0. The van der Waals surface area contributed by atoms with E-state index in [1.54, 1.807) is 0 Å². The predicted molar refractivity (Wildman–Crippen MR) is 109 cm³/mol. The minimum Gasteiger partial charge on any atom is -0.340 e. The van der Waals surface area contributed by atoms with Crippen LogP contribution >= 0.6 is 0 Å². The summed E-state index contributed by atoms with van der Waals surface area (Å²) in [5.41, 5.74) is -0.125. The second-order valence-electron chi connectivity index (χ2n) is 7.78. The Kier molecular flexibility index (Phi) is 6.14. The normalized spacial score (nSPS) is 19.9. The summed E-state index contributed by atoms with van der Waals surface area (Å²) in [6, 6.07) is 5.55. The number of hydrogen-bond donors (Lipinski definition) is 0. The number of benzene rings is 2. The largest absolute Gasteiger partial charge is 0.340 e. The van der Waals surface area contributed by atoms with Crippen molar-refractivity contribution < 1.29 is 35.6 Å². The van der Waals surface area contributed by atoms with Gasteiger partial charge >= 0.3 is 0 Å². The molecular formula is C21H19F4N3O4S. The highest BCUT2D eigenvalue weighted by Crippen LogP contribution is 2.30. The number of carbonyl (C=O) groups excluding carboxylic acids is 2. The van der Waals surface area contributed by atoms with E-state index in [1.807, 2.05) is 0 Å². The van der Waals surface area contributed by atoms with Gasteiger partial charge in [-0.15, -0.1) is 0 Å². The highest BCUT2D eigenvalue weighted by atomic mass is 32.2. The van der Waals surface area contributed by atoms with E-state index in [4.69, 9.17) is 0 Å². The first-order valence-electron chi connectivity index (χ1n) is 10.1. The summed E-state index contributed by atoms with van der Waals surface area (Å²) in [6.07, 6.45) is -0.172. The fraction of sp³-hybridized carbons (Fsp3) is 0.333. The fourth-order valence-electron chi connectivity index (χ4n) is 4.07. The maximum absolute atomic E-state index is 14.1. The first kappa shape index (κ1) is 23.2. The van der Waals surface area contributed by atoms with Crippen LogP contribution in [-0.4, -0.2) is 62.2 Å². The summed E-state index contributed by atoms with van der Waals surface area (Å²) >= 11 is 0. The molecule has 12 heteroatoms. The number of anilines is 1. The van der Waals surface area contributed by atoms with Gasteiger partial charge in [-0.05, 0) is 24.3 Å². The molecule has 0 N–H and O–H groups in total. The zero-order chi connectivity index (χ0) is 23.9. The lowest BCUT2D eigenvalue weighted by Gasteiger charge is -2.35. The molecule has 0 saturated carbocycles.